The number of carbonyl (C=O) groups excluding carboxylic acids is 1. The van der Waals surface area contributed by atoms with Crippen molar-refractivity contribution in [1.29, 1.82) is 0 Å². The molecule has 0 spiro atoms. The number of morpholine rings is 1. The Balaban J connectivity index is 1.52. The maximum atomic E-state index is 12.3. The van der Waals surface area contributed by atoms with Crippen molar-refractivity contribution >= 4 is 5.91 Å². The summed E-state index contributed by atoms with van der Waals surface area (Å²) in [6.45, 7) is 8.20. The molecule has 2 fully saturated rings. The lowest BCUT2D eigenvalue weighted by Crippen LogP contribution is -2.48. The molecular weight excluding hydrogens is 290 g/mol. The van der Waals surface area contributed by atoms with Crippen LogP contribution in [0.1, 0.15) is 25.0 Å². The Morgan fingerprint density at radius 3 is 2.70 bits per heavy atom. The van der Waals surface area contributed by atoms with Gasteiger partial charge in [0, 0.05) is 52.2 Å². The van der Waals surface area contributed by atoms with Crippen LogP contribution in [0.4, 0.5) is 0 Å². The van der Waals surface area contributed by atoms with E-state index in [1.807, 2.05) is 11.0 Å². The van der Waals surface area contributed by atoms with E-state index in [-0.39, 0.29) is 18.1 Å². The summed E-state index contributed by atoms with van der Waals surface area (Å²) in [5, 5.41) is 3.28. The van der Waals surface area contributed by atoms with Crippen molar-refractivity contribution < 1.29 is 9.53 Å². The number of nitrogens with zero attached hydrogens (tertiary/aromatic N) is 2. The summed E-state index contributed by atoms with van der Waals surface area (Å²) in [7, 11) is 0. The lowest BCUT2D eigenvalue weighted by molar-refractivity contribution is -0.133. The van der Waals surface area contributed by atoms with Gasteiger partial charge in [-0.15, -0.1) is 0 Å². The van der Waals surface area contributed by atoms with Crippen molar-refractivity contribution in [1.82, 2.24) is 15.1 Å². The van der Waals surface area contributed by atoms with E-state index in [1.165, 1.54) is 5.56 Å². The Bertz CT molecular complexity index is 502. The van der Waals surface area contributed by atoms with Crippen LogP contribution < -0.4 is 5.32 Å². The summed E-state index contributed by atoms with van der Waals surface area (Å²) in [6, 6.07) is 10.4. The Kier molecular flexibility index (Phi) is 5.65. The molecule has 1 aromatic rings. The van der Waals surface area contributed by atoms with Gasteiger partial charge in [-0.25, -0.2) is 0 Å². The lowest BCUT2D eigenvalue weighted by Gasteiger charge is -2.37. The first-order valence-electron chi connectivity index (χ1n) is 8.63. The van der Waals surface area contributed by atoms with E-state index in [1.54, 1.807) is 0 Å². The minimum Gasteiger partial charge on any atom is -0.368 e. The molecule has 0 bridgehead atoms. The maximum absolute atomic E-state index is 12.3. The van der Waals surface area contributed by atoms with Crippen LogP contribution in [0.5, 0.6) is 0 Å². The van der Waals surface area contributed by atoms with Gasteiger partial charge in [0.15, 0.2) is 0 Å². The number of rotatable bonds is 4. The van der Waals surface area contributed by atoms with Crippen molar-refractivity contribution in [2.75, 3.05) is 45.8 Å². The van der Waals surface area contributed by atoms with Gasteiger partial charge in [0.25, 0.3) is 0 Å². The number of hydrogen-bond acceptors (Lipinski definition) is 4. The predicted octanol–water partition coefficient (Wildman–Crippen LogP) is 1.27. The quantitative estimate of drug-likeness (QED) is 0.908. The van der Waals surface area contributed by atoms with E-state index in [4.69, 9.17) is 4.74 Å². The molecule has 2 atom stereocenters. The number of piperazine rings is 1. The summed E-state index contributed by atoms with van der Waals surface area (Å²) in [6.07, 6.45) is 0.909. The Morgan fingerprint density at radius 1 is 1.22 bits per heavy atom. The monoisotopic (exact) mass is 317 g/mol. The van der Waals surface area contributed by atoms with Crippen LogP contribution in [0, 0.1) is 0 Å². The molecule has 1 N–H and O–H groups in total. The highest BCUT2D eigenvalue weighted by Crippen LogP contribution is 2.25. The van der Waals surface area contributed by atoms with Crippen LogP contribution in [0.25, 0.3) is 0 Å². The molecule has 1 aromatic carbocycles. The second kappa shape index (κ2) is 7.90. The molecule has 2 aliphatic heterocycles. The fourth-order valence-electron chi connectivity index (χ4n) is 3.40. The zero-order valence-corrected chi connectivity index (χ0v) is 13.9. The summed E-state index contributed by atoms with van der Waals surface area (Å²) >= 11 is 0. The van der Waals surface area contributed by atoms with E-state index < -0.39 is 0 Å². The topological polar surface area (TPSA) is 44.8 Å². The number of nitrogens with one attached hydrogen (secondary N) is 1. The third-order valence-electron chi connectivity index (χ3n) is 4.62. The van der Waals surface area contributed by atoms with Crippen LogP contribution >= 0.6 is 0 Å². The zero-order chi connectivity index (χ0) is 16.1. The largest absolute Gasteiger partial charge is 0.368 e. The third kappa shape index (κ3) is 4.53. The Hall–Kier alpha value is -1.43. The normalized spacial score (nSPS) is 26.2. The fourth-order valence-corrected chi connectivity index (χ4v) is 3.40. The molecule has 2 heterocycles. The van der Waals surface area contributed by atoms with Crippen LogP contribution in [0.2, 0.25) is 0 Å². The highest BCUT2D eigenvalue weighted by molar-refractivity contribution is 5.76. The van der Waals surface area contributed by atoms with Crippen LogP contribution in [0.15, 0.2) is 30.3 Å². The number of hydrogen-bond donors (Lipinski definition) is 1. The molecule has 126 valence electrons. The van der Waals surface area contributed by atoms with E-state index in [9.17, 15) is 4.79 Å². The standard InChI is InChI=1S/C18H27N3O2/c1-15-13-20(10-7-18(22)21-11-8-19-9-12-21)14-17(23-15)16-5-3-2-4-6-16/h2-6,15,17,19H,7-14H2,1H3. The van der Waals surface area contributed by atoms with Crippen LogP contribution in [-0.4, -0.2) is 67.6 Å². The molecule has 1 amide bonds. The van der Waals surface area contributed by atoms with Gasteiger partial charge in [-0.2, -0.15) is 0 Å². The Morgan fingerprint density at radius 2 is 1.96 bits per heavy atom. The SMILES string of the molecule is CC1CN(CCC(=O)N2CCNCC2)CC(c2ccccc2)O1. The first kappa shape index (κ1) is 16.4. The van der Waals surface area contributed by atoms with E-state index in [0.717, 1.165) is 45.8 Å². The molecule has 5 nitrogen and oxygen atoms in total. The van der Waals surface area contributed by atoms with Crippen molar-refractivity contribution in [2.45, 2.75) is 25.6 Å². The molecular formula is C18H27N3O2. The van der Waals surface area contributed by atoms with Crippen molar-refractivity contribution in [3.05, 3.63) is 35.9 Å². The lowest BCUT2D eigenvalue weighted by atomic mass is 10.1. The molecule has 2 saturated heterocycles. The fraction of sp³-hybridized carbons (Fsp3) is 0.611. The van der Waals surface area contributed by atoms with Gasteiger partial charge < -0.3 is 15.0 Å². The van der Waals surface area contributed by atoms with Crippen LogP contribution in [-0.2, 0) is 9.53 Å². The van der Waals surface area contributed by atoms with Gasteiger partial charge >= 0.3 is 0 Å². The van der Waals surface area contributed by atoms with E-state index >= 15 is 0 Å². The molecule has 3 rings (SSSR count). The first-order valence-corrected chi connectivity index (χ1v) is 8.63. The molecule has 5 heteroatoms. The van der Waals surface area contributed by atoms with Gasteiger partial charge in [0.05, 0.1) is 12.2 Å². The summed E-state index contributed by atoms with van der Waals surface area (Å²) in [5.41, 5.74) is 1.22. The molecule has 0 saturated carbocycles. The van der Waals surface area contributed by atoms with Crippen molar-refractivity contribution in [2.24, 2.45) is 0 Å². The Labute approximate surface area is 138 Å². The minimum absolute atomic E-state index is 0.106. The number of amides is 1. The molecule has 2 unspecified atom stereocenters. The van der Waals surface area contributed by atoms with Gasteiger partial charge in [-0.05, 0) is 12.5 Å². The first-order chi connectivity index (χ1) is 11.2. The van der Waals surface area contributed by atoms with Gasteiger partial charge in [0.1, 0.15) is 0 Å². The average Bonchev–Trinajstić information content (AvgIpc) is 2.61. The summed E-state index contributed by atoms with van der Waals surface area (Å²) in [4.78, 5) is 16.7. The van der Waals surface area contributed by atoms with Crippen molar-refractivity contribution in [3.63, 3.8) is 0 Å². The zero-order valence-electron chi connectivity index (χ0n) is 13.9. The molecule has 2 aliphatic rings. The highest BCUT2D eigenvalue weighted by atomic mass is 16.5. The smallest absolute Gasteiger partial charge is 0.223 e. The summed E-state index contributed by atoms with van der Waals surface area (Å²) in [5.74, 6) is 0.280. The average molecular weight is 317 g/mol. The van der Waals surface area contributed by atoms with Gasteiger partial charge in [0.2, 0.25) is 5.91 Å². The van der Waals surface area contributed by atoms with Gasteiger partial charge in [-0.3, -0.25) is 9.69 Å². The molecule has 0 radical (unpaired) electrons. The molecule has 23 heavy (non-hydrogen) atoms. The second-order valence-corrected chi connectivity index (χ2v) is 6.49. The number of benzene rings is 1. The molecule has 0 aromatic heterocycles. The van der Waals surface area contributed by atoms with E-state index in [0.29, 0.717) is 6.42 Å². The third-order valence-corrected chi connectivity index (χ3v) is 4.62. The summed E-state index contributed by atoms with van der Waals surface area (Å²) < 4.78 is 6.08. The number of ether oxygens (including phenoxy) is 1. The predicted molar refractivity (Wildman–Crippen MR) is 90.2 cm³/mol. The van der Waals surface area contributed by atoms with E-state index in [2.05, 4.69) is 41.4 Å². The minimum atomic E-state index is 0.106. The maximum Gasteiger partial charge on any atom is 0.223 e. The molecule has 0 aliphatic carbocycles. The number of carbonyl (C=O) groups is 1. The van der Waals surface area contributed by atoms with Crippen LogP contribution in [0.3, 0.4) is 0 Å². The van der Waals surface area contributed by atoms with Crippen molar-refractivity contribution in [3.8, 4) is 0 Å². The highest BCUT2D eigenvalue weighted by Gasteiger charge is 2.27. The van der Waals surface area contributed by atoms with Gasteiger partial charge in [-0.1, -0.05) is 30.3 Å². The second-order valence-electron chi connectivity index (χ2n) is 6.49.